The topological polar surface area (TPSA) is 37.2 Å². The second-order valence-corrected chi connectivity index (χ2v) is 6.67. The summed E-state index contributed by atoms with van der Waals surface area (Å²) in [5.74, 6) is 0.653. The smallest absolute Gasteiger partial charge is 0.0774 e. The Balaban J connectivity index is 1.90. The highest BCUT2D eigenvalue weighted by atomic mass is 16.3. The molecule has 1 aromatic rings. The summed E-state index contributed by atoms with van der Waals surface area (Å²) in [6.45, 7) is 11.4. The molecule has 114 valence electrons. The van der Waals surface area contributed by atoms with Crippen molar-refractivity contribution in [3.63, 3.8) is 0 Å². The summed E-state index contributed by atoms with van der Waals surface area (Å²) in [6, 6.07) is 2.26. The van der Waals surface area contributed by atoms with Gasteiger partial charge in [-0.2, -0.15) is 0 Å². The Morgan fingerprint density at radius 1 is 1.45 bits per heavy atom. The highest BCUT2D eigenvalue weighted by molar-refractivity contribution is 5.26. The van der Waals surface area contributed by atoms with Crippen molar-refractivity contribution in [3.05, 3.63) is 23.0 Å². The number of aliphatic hydroxyl groups is 1. The van der Waals surface area contributed by atoms with E-state index in [1.54, 1.807) is 0 Å². The molecule has 0 aromatic carbocycles. The third-order valence-electron chi connectivity index (χ3n) is 4.83. The fraction of sp³-hybridized carbons (Fsp3) is 0.765. The average Bonchev–Trinajstić information content (AvgIpc) is 2.63. The molecule has 1 saturated carbocycles. The monoisotopic (exact) mass is 278 g/mol. The predicted octanol–water partition coefficient (Wildman–Crippen LogP) is 3.16. The first-order valence-electron chi connectivity index (χ1n) is 8.04. The molecule has 0 amide bonds. The lowest BCUT2D eigenvalue weighted by Gasteiger charge is -2.35. The van der Waals surface area contributed by atoms with Crippen molar-refractivity contribution < 1.29 is 5.11 Å². The molecule has 3 nitrogen and oxygen atoms in total. The molecular formula is C17H30N2O. The lowest BCUT2D eigenvalue weighted by molar-refractivity contribution is -0.0119. The van der Waals surface area contributed by atoms with Gasteiger partial charge >= 0.3 is 0 Å². The molecular weight excluding hydrogens is 248 g/mol. The summed E-state index contributed by atoms with van der Waals surface area (Å²) >= 11 is 0. The molecule has 0 saturated heterocycles. The van der Waals surface area contributed by atoms with E-state index in [1.807, 2.05) is 0 Å². The van der Waals surface area contributed by atoms with Gasteiger partial charge in [0.1, 0.15) is 0 Å². The fourth-order valence-corrected chi connectivity index (χ4v) is 3.76. The number of rotatable bonds is 5. The molecule has 2 atom stereocenters. The van der Waals surface area contributed by atoms with Crippen LogP contribution in [0.5, 0.6) is 0 Å². The predicted molar refractivity (Wildman–Crippen MR) is 83.9 cm³/mol. The molecule has 2 N–H and O–H groups in total. The maximum Gasteiger partial charge on any atom is 0.0774 e. The highest BCUT2D eigenvalue weighted by Gasteiger charge is 2.32. The van der Waals surface area contributed by atoms with Crippen molar-refractivity contribution in [1.29, 1.82) is 0 Å². The lowest BCUT2D eigenvalue weighted by atomic mass is 9.79. The van der Waals surface area contributed by atoms with Gasteiger partial charge in [-0.3, -0.25) is 0 Å². The average molecular weight is 278 g/mol. The third-order valence-corrected chi connectivity index (χ3v) is 4.83. The van der Waals surface area contributed by atoms with Crippen LogP contribution >= 0.6 is 0 Å². The van der Waals surface area contributed by atoms with E-state index in [0.717, 1.165) is 32.4 Å². The first-order chi connectivity index (χ1) is 9.45. The molecule has 0 spiro atoms. The Bertz CT molecular complexity index is 452. The number of aromatic nitrogens is 1. The van der Waals surface area contributed by atoms with Gasteiger partial charge in [-0.1, -0.05) is 19.8 Å². The zero-order valence-corrected chi connectivity index (χ0v) is 13.5. The second kappa shape index (κ2) is 6.31. The molecule has 3 heteroatoms. The minimum absolute atomic E-state index is 0.492. The van der Waals surface area contributed by atoms with Crippen molar-refractivity contribution in [2.45, 2.75) is 72.1 Å². The molecule has 0 bridgehead atoms. The van der Waals surface area contributed by atoms with Crippen LogP contribution in [-0.4, -0.2) is 21.8 Å². The van der Waals surface area contributed by atoms with Crippen molar-refractivity contribution in [2.75, 3.05) is 6.54 Å². The van der Waals surface area contributed by atoms with Gasteiger partial charge < -0.3 is 15.0 Å². The van der Waals surface area contributed by atoms with Crippen LogP contribution in [0.3, 0.4) is 0 Å². The maximum absolute atomic E-state index is 10.6. The maximum atomic E-state index is 10.6. The third kappa shape index (κ3) is 3.44. The van der Waals surface area contributed by atoms with Crippen LogP contribution in [0.15, 0.2) is 6.07 Å². The van der Waals surface area contributed by atoms with Crippen LogP contribution in [0.1, 0.15) is 56.5 Å². The first-order valence-corrected chi connectivity index (χ1v) is 8.04. The zero-order valence-electron chi connectivity index (χ0n) is 13.5. The fourth-order valence-electron chi connectivity index (χ4n) is 3.76. The first kappa shape index (κ1) is 15.6. The lowest BCUT2D eigenvalue weighted by Crippen LogP contribution is -2.43. The van der Waals surface area contributed by atoms with Gasteiger partial charge in [-0.25, -0.2) is 0 Å². The quantitative estimate of drug-likeness (QED) is 0.868. The van der Waals surface area contributed by atoms with Crippen molar-refractivity contribution in [3.8, 4) is 0 Å². The SMILES string of the molecule is CCn1c(C)cc(CNCC2(O)CCCC(C)C2)c1C. The van der Waals surface area contributed by atoms with Gasteiger partial charge in [0, 0.05) is 31.0 Å². The van der Waals surface area contributed by atoms with E-state index in [0.29, 0.717) is 12.5 Å². The molecule has 2 unspecified atom stereocenters. The van der Waals surface area contributed by atoms with E-state index in [2.05, 4.69) is 43.6 Å². The van der Waals surface area contributed by atoms with Crippen LogP contribution < -0.4 is 5.32 Å². The van der Waals surface area contributed by atoms with Crippen LogP contribution in [0.2, 0.25) is 0 Å². The number of hydrogen-bond donors (Lipinski definition) is 2. The highest BCUT2D eigenvalue weighted by Crippen LogP contribution is 2.31. The second-order valence-electron chi connectivity index (χ2n) is 6.67. The normalized spacial score (nSPS) is 26.9. The van der Waals surface area contributed by atoms with Crippen molar-refractivity contribution >= 4 is 0 Å². The number of aryl methyl sites for hydroxylation is 1. The molecule has 0 aliphatic heterocycles. The Hall–Kier alpha value is -0.800. The molecule has 1 aliphatic rings. The van der Waals surface area contributed by atoms with Gasteiger partial charge in [0.05, 0.1) is 5.60 Å². The summed E-state index contributed by atoms with van der Waals surface area (Å²) in [4.78, 5) is 0. The van der Waals surface area contributed by atoms with E-state index < -0.39 is 5.60 Å². The largest absolute Gasteiger partial charge is 0.389 e. The van der Waals surface area contributed by atoms with E-state index in [4.69, 9.17) is 0 Å². The minimum atomic E-state index is -0.492. The number of nitrogens with one attached hydrogen (secondary N) is 1. The number of hydrogen-bond acceptors (Lipinski definition) is 2. The molecule has 2 rings (SSSR count). The molecule has 1 fully saturated rings. The zero-order chi connectivity index (χ0) is 14.8. The van der Waals surface area contributed by atoms with E-state index in [9.17, 15) is 5.11 Å². The van der Waals surface area contributed by atoms with Gasteiger partial charge in [0.25, 0.3) is 0 Å². The van der Waals surface area contributed by atoms with Crippen molar-refractivity contribution in [2.24, 2.45) is 5.92 Å². The van der Waals surface area contributed by atoms with E-state index in [1.165, 1.54) is 23.4 Å². The Morgan fingerprint density at radius 3 is 2.80 bits per heavy atom. The molecule has 0 radical (unpaired) electrons. The summed E-state index contributed by atoms with van der Waals surface area (Å²) in [5.41, 5.74) is 3.54. The Morgan fingerprint density at radius 2 is 2.20 bits per heavy atom. The number of nitrogens with zero attached hydrogens (tertiary/aromatic N) is 1. The van der Waals surface area contributed by atoms with Crippen LogP contribution in [-0.2, 0) is 13.1 Å². The van der Waals surface area contributed by atoms with Crippen LogP contribution in [0.4, 0.5) is 0 Å². The van der Waals surface area contributed by atoms with Gasteiger partial charge in [-0.05, 0) is 51.2 Å². The van der Waals surface area contributed by atoms with E-state index in [-0.39, 0.29) is 0 Å². The Kier molecular flexibility index (Phi) is 4.92. The van der Waals surface area contributed by atoms with Crippen LogP contribution in [0, 0.1) is 19.8 Å². The Labute approximate surface area is 123 Å². The summed E-state index contributed by atoms with van der Waals surface area (Å²) in [7, 11) is 0. The summed E-state index contributed by atoms with van der Waals surface area (Å²) in [6.07, 6.45) is 4.30. The summed E-state index contributed by atoms with van der Waals surface area (Å²) in [5, 5.41) is 14.1. The molecule has 20 heavy (non-hydrogen) atoms. The van der Waals surface area contributed by atoms with Gasteiger partial charge in [0.2, 0.25) is 0 Å². The molecule has 1 aromatic heterocycles. The standard InChI is InChI=1S/C17H30N2O/c1-5-19-14(3)9-16(15(19)4)11-18-12-17(20)8-6-7-13(2)10-17/h9,13,18,20H,5-8,10-12H2,1-4H3. The molecule has 1 heterocycles. The van der Waals surface area contributed by atoms with Gasteiger partial charge in [-0.15, -0.1) is 0 Å². The van der Waals surface area contributed by atoms with Crippen LogP contribution in [0.25, 0.3) is 0 Å². The van der Waals surface area contributed by atoms with Gasteiger partial charge in [0.15, 0.2) is 0 Å². The summed E-state index contributed by atoms with van der Waals surface area (Å²) < 4.78 is 2.34. The van der Waals surface area contributed by atoms with E-state index >= 15 is 0 Å². The molecule has 1 aliphatic carbocycles. The minimum Gasteiger partial charge on any atom is -0.389 e. The van der Waals surface area contributed by atoms with Crippen molar-refractivity contribution in [1.82, 2.24) is 9.88 Å².